The number of nitrogens with one attached hydrogen (secondary N) is 2. The fraction of sp³-hybridized carbons (Fsp3) is 0.261. The Hall–Kier alpha value is -3.39. The van der Waals surface area contributed by atoms with E-state index in [2.05, 4.69) is 26.3 Å². The van der Waals surface area contributed by atoms with Crippen LogP contribution in [-0.2, 0) is 4.74 Å². The summed E-state index contributed by atoms with van der Waals surface area (Å²) in [4.78, 5) is 22.4. The van der Waals surface area contributed by atoms with Gasteiger partial charge in [-0.15, -0.1) is 11.3 Å². The number of nitrogens with zero attached hydrogens (tertiary/aromatic N) is 2. The van der Waals surface area contributed by atoms with Crippen LogP contribution in [-0.4, -0.2) is 42.0 Å². The molecule has 7 nitrogen and oxygen atoms in total. The predicted octanol–water partition coefficient (Wildman–Crippen LogP) is 4.98. The lowest BCUT2D eigenvalue weighted by Gasteiger charge is -2.06. The van der Waals surface area contributed by atoms with Gasteiger partial charge >= 0.3 is 0 Å². The number of anilines is 1. The smallest absolute Gasteiger partial charge is 0.200 e. The van der Waals surface area contributed by atoms with Crippen molar-refractivity contribution in [2.45, 2.75) is 19.3 Å². The van der Waals surface area contributed by atoms with E-state index >= 15 is 0 Å². The third-order valence-electron chi connectivity index (χ3n) is 5.03. The third kappa shape index (κ3) is 5.03. The van der Waals surface area contributed by atoms with Crippen molar-refractivity contribution in [1.29, 1.82) is 0 Å². The van der Waals surface area contributed by atoms with E-state index in [0.29, 0.717) is 5.69 Å². The first-order chi connectivity index (χ1) is 15.2. The number of aromatic nitrogens is 3. The van der Waals surface area contributed by atoms with Crippen LogP contribution in [0.5, 0.6) is 5.75 Å². The van der Waals surface area contributed by atoms with Crippen molar-refractivity contribution in [2.75, 3.05) is 26.1 Å². The van der Waals surface area contributed by atoms with Crippen LogP contribution in [0.2, 0.25) is 0 Å². The molecule has 5 rings (SSSR count). The number of fused-ring (bicyclic) bond motifs is 4. The van der Waals surface area contributed by atoms with Crippen LogP contribution < -0.4 is 10.1 Å². The standard InChI is InChI=1S/C14H13NO2S.C9H11N3O/c16-8-12-9-18-14(15-12)11-2-4-13-3-1-10(7-11)5-6-17-13;1-10-9-11-7-4-3-6(13-2)5-8(7)12-9/h2,4,7-9H,1,3,5-6H2;3-5H,1-2H3,(H2,10,11,12)/b10-7+,11-2+,13-4+;. The average Bonchev–Trinajstić information content (AvgIpc) is 3.39. The Morgan fingerprint density at radius 2 is 2.13 bits per heavy atom. The molecule has 0 amide bonds. The normalized spacial score (nSPS) is 20.3. The molecule has 160 valence electrons. The summed E-state index contributed by atoms with van der Waals surface area (Å²) in [6, 6.07) is 5.73. The van der Waals surface area contributed by atoms with Gasteiger partial charge in [0, 0.05) is 36.9 Å². The van der Waals surface area contributed by atoms with Gasteiger partial charge in [-0.2, -0.15) is 0 Å². The van der Waals surface area contributed by atoms with Crippen LogP contribution in [0.15, 0.2) is 53.1 Å². The molecule has 0 radical (unpaired) electrons. The summed E-state index contributed by atoms with van der Waals surface area (Å²) in [6.45, 7) is 0.760. The molecule has 2 aromatic heterocycles. The van der Waals surface area contributed by atoms with Crippen molar-refractivity contribution in [2.24, 2.45) is 0 Å². The lowest BCUT2D eigenvalue weighted by molar-refractivity contribution is 0.111. The molecule has 2 bridgehead atoms. The van der Waals surface area contributed by atoms with Crippen molar-refractivity contribution in [3.05, 3.63) is 63.8 Å². The molecule has 2 N–H and O–H groups in total. The number of allylic oxidation sites excluding steroid dienone is 5. The number of methoxy groups -OCH3 is 1. The molecule has 2 aliphatic rings. The van der Waals surface area contributed by atoms with Gasteiger partial charge in [0.1, 0.15) is 16.5 Å². The Labute approximate surface area is 184 Å². The van der Waals surface area contributed by atoms with E-state index in [0.717, 1.165) is 71.2 Å². The highest BCUT2D eigenvalue weighted by Gasteiger charge is 2.14. The third-order valence-corrected chi connectivity index (χ3v) is 5.94. The first-order valence-electron chi connectivity index (χ1n) is 10.0. The van der Waals surface area contributed by atoms with Gasteiger partial charge in [0.2, 0.25) is 5.95 Å². The van der Waals surface area contributed by atoms with Crippen LogP contribution in [0.1, 0.15) is 34.8 Å². The van der Waals surface area contributed by atoms with Gasteiger partial charge < -0.3 is 19.8 Å². The second kappa shape index (κ2) is 9.61. The van der Waals surface area contributed by atoms with Crippen LogP contribution in [0.3, 0.4) is 0 Å². The number of rotatable bonds is 4. The van der Waals surface area contributed by atoms with E-state index in [4.69, 9.17) is 9.47 Å². The van der Waals surface area contributed by atoms with Gasteiger partial charge in [0.25, 0.3) is 0 Å². The number of imidazole rings is 1. The van der Waals surface area contributed by atoms with Crippen LogP contribution in [0.4, 0.5) is 5.95 Å². The molecule has 1 fully saturated rings. The maximum Gasteiger partial charge on any atom is 0.200 e. The minimum Gasteiger partial charge on any atom is -0.498 e. The van der Waals surface area contributed by atoms with Gasteiger partial charge in [-0.25, -0.2) is 9.97 Å². The number of ether oxygens (including phenoxy) is 2. The van der Waals surface area contributed by atoms with E-state index in [1.807, 2.05) is 37.4 Å². The highest BCUT2D eigenvalue weighted by Crippen LogP contribution is 2.29. The molecular formula is C23H24N4O3S. The molecule has 0 atom stereocenters. The van der Waals surface area contributed by atoms with E-state index in [-0.39, 0.29) is 0 Å². The van der Waals surface area contributed by atoms with Crippen molar-refractivity contribution in [3.8, 4) is 5.75 Å². The summed E-state index contributed by atoms with van der Waals surface area (Å²) in [7, 11) is 3.48. The summed E-state index contributed by atoms with van der Waals surface area (Å²) in [5.74, 6) is 2.64. The summed E-state index contributed by atoms with van der Waals surface area (Å²) < 4.78 is 10.8. The number of carbonyl (C=O) groups excluding carboxylic acids is 1. The maximum absolute atomic E-state index is 10.7. The van der Waals surface area contributed by atoms with Gasteiger partial charge in [0.15, 0.2) is 6.29 Å². The zero-order valence-corrected chi connectivity index (χ0v) is 18.3. The second-order valence-corrected chi connectivity index (χ2v) is 7.93. The lowest BCUT2D eigenvalue weighted by Crippen LogP contribution is -1.89. The lowest BCUT2D eigenvalue weighted by atomic mass is 10.0. The van der Waals surface area contributed by atoms with Gasteiger partial charge in [0.05, 0.1) is 30.5 Å². The summed E-state index contributed by atoms with van der Waals surface area (Å²) in [5.41, 5.74) is 4.88. The van der Waals surface area contributed by atoms with Crippen molar-refractivity contribution >= 4 is 40.2 Å². The monoisotopic (exact) mass is 436 g/mol. The van der Waals surface area contributed by atoms with E-state index in [1.54, 1.807) is 12.5 Å². The molecule has 0 saturated carbocycles. The molecule has 0 unspecified atom stereocenters. The van der Waals surface area contributed by atoms with E-state index in [1.165, 1.54) is 16.9 Å². The summed E-state index contributed by atoms with van der Waals surface area (Å²) in [6.07, 6.45) is 10.0. The number of benzene rings is 1. The largest absolute Gasteiger partial charge is 0.498 e. The number of aromatic amines is 1. The van der Waals surface area contributed by atoms with Crippen LogP contribution in [0.25, 0.3) is 16.6 Å². The summed E-state index contributed by atoms with van der Waals surface area (Å²) in [5, 5.41) is 5.63. The molecule has 1 aromatic carbocycles. The number of thiazole rings is 1. The average molecular weight is 437 g/mol. The molecule has 1 aliphatic carbocycles. The minimum atomic E-state index is 0.503. The second-order valence-electron chi connectivity index (χ2n) is 7.07. The Bertz CT molecular complexity index is 1170. The maximum atomic E-state index is 10.7. The quantitative estimate of drug-likeness (QED) is 0.561. The number of hydrogen-bond acceptors (Lipinski definition) is 7. The van der Waals surface area contributed by atoms with Crippen LogP contribution >= 0.6 is 11.3 Å². The first-order valence-corrected chi connectivity index (χ1v) is 10.9. The van der Waals surface area contributed by atoms with Crippen molar-refractivity contribution in [1.82, 2.24) is 15.0 Å². The Morgan fingerprint density at radius 1 is 1.23 bits per heavy atom. The zero-order chi connectivity index (χ0) is 21.6. The fourth-order valence-corrected chi connectivity index (χ4v) is 4.12. The molecule has 8 heteroatoms. The SMILES string of the molecule is CNc1nc2ccc(OC)cc2[nH]1.O=Cc1csc(C2=C/C=C3\CC/C(=C\2)CCO3)n1. The Balaban J connectivity index is 0.000000158. The Kier molecular flexibility index (Phi) is 6.47. The molecule has 3 aromatic rings. The fourth-order valence-electron chi connectivity index (χ4n) is 3.36. The molecule has 3 heterocycles. The number of aldehydes is 1. The first kappa shape index (κ1) is 20.9. The zero-order valence-electron chi connectivity index (χ0n) is 17.5. The number of hydrogen-bond donors (Lipinski definition) is 2. The van der Waals surface area contributed by atoms with E-state index < -0.39 is 0 Å². The molecule has 1 saturated heterocycles. The minimum absolute atomic E-state index is 0.503. The predicted molar refractivity (Wildman–Crippen MR) is 124 cm³/mol. The van der Waals surface area contributed by atoms with Crippen LogP contribution in [0, 0.1) is 0 Å². The number of carbonyl (C=O) groups is 1. The molecular weight excluding hydrogens is 412 g/mol. The highest BCUT2D eigenvalue weighted by molar-refractivity contribution is 7.11. The van der Waals surface area contributed by atoms with Crippen molar-refractivity contribution in [3.63, 3.8) is 0 Å². The summed E-state index contributed by atoms with van der Waals surface area (Å²) >= 11 is 1.51. The van der Waals surface area contributed by atoms with Gasteiger partial charge in [-0.1, -0.05) is 11.6 Å². The topological polar surface area (TPSA) is 89.1 Å². The molecule has 1 aliphatic heterocycles. The molecule has 0 spiro atoms. The van der Waals surface area contributed by atoms with Gasteiger partial charge in [-0.05, 0) is 30.7 Å². The number of H-pyrrole nitrogens is 1. The Morgan fingerprint density at radius 3 is 2.90 bits per heavy atom. The van der Waals surface area contributed by atoms with Gasteiger partial charge in [-0.3, -0.25) is 4.79 Å². The highest BCUT2D eigenvalue weighted by atomic mass is 32.1. The molecule has 31 heavy (non-hydrogen) atoms. The van der Waals surface area contributed by atoms with E-state index in [9.17, 15) is 4.79 Å². The van der Waals surface area contributed by atoms with Crippen molar-refractivity contribution < 1.29 is 14.3 Å².